The molecule has 0 aromatic heterocycles. The lowest BCUT2D eigenvalue weighted by molar-refractivity contribution is 0.645. The molecule has 20 heavy (non-hydrogen) atoms. The highest BCUT2D eigenvalue weighted by atomic mass is 127. The van der Waals surface area contributed by atoms with Gasteiger partial charge in [-0.1, -0.05) is 23.7 Å². The molecule has 2 N–H and O–H groups in total. The number of benzene rings is 1. The molecule has 0 unspecified atom stereocenters. The quantitative estimate of drug-likeness (QED) is 0.458. The summed E-state index contributed by atoms with van der Waals surface area (Å²) in [4.78, 5) is 4.28. The molecule has 5 heteroatoms. The normalized spacial score (nSPS) is 20.0. The van der Waals surface area contributed by atoms with Gasteiger partial charge in [0.2, 0.25) is 0 Å². The van der Waals surface area contributed by atoms with Gasteiger partial charge in [0, 0.05) is 30.1 Å². The van der Waals surface area contributed by atoms with E-state index < -0.39 is 0 Å². The zero-order valence-electron chi connectivity index (χ0n) is 11.7. The maximum atomic E-state index is 6.09. The van der Waals surface area contributed by atoms with Crippen LogP contribution >= 0.6 is 35.6 Å². The Labute approximate surface area is 142 Å². The Morgan fingerprint density at radius 3 is 2.70 bits per heavy atom. The number of guanidine groups is 1. The van der Waals surface area contributed by atoms with Gasteiger partial charge in [-0.15, -0.1) is 24.0 Å². The van der Waals surface area contributed by atoms with E-state index in [0.29, 0.717) is 6.04 Å². The van der Waals surface area contributed by atoms with Gasteiger partial charge >= 0.3 is 0 Å². The monoisotopic (exact) mass is 405 g/mol. The fourth-order valence-corrected chi connectivity index (χ4v) is 2.60. The molecule has 0 heterocycles. The van der Waals surface area contributed by atoms with Crippen LogP contribution in [0.15, 0.2) is 29.3 Å². The Hall–Kier alpha value is -0.490. The summed E-state index contributed by atoms with van der Waals surface area (Å²) in [7, 11) is 1.83. The number of hydrogen-bond acceptors (Lipinski definition) is 1. The van der Waals surface area contributed by atoms with E-state index >= 15 is 0 Å². The molecule has 2 aliphatic rings. The van der Waals surface area contributed by atoms with Gasteiger partial charge in [-0.2, -0.15) is 0 Å². The molecular weight excluding hydrogens is 385 g/mol. The van der Waals surface area contributed by atoms with Crippen molar-refractivity contribution in [2.45, 2.75) is 37.1 Å². The van der Waals surface area contributed by atoms with Gasteiger partial charge in [0.15, 0.2) is 5.96 Å². The van der Waals surface area contributed by atoms with Crippen molar-refractivity contribution < 1.29 is 0 Å². The van der Waals surface area contributed by atoms with Crippen molar-refractivity contribution in [1.29, 1.82) is 0 Å². The molecule has 3 rings (SSSR count). The minimum absolute atomic E-state index is 0. The van der Waals surface area contributed by atoms with Gasteiger partial charge in [0.05, 0.1) is 0 Å². The average molecular weight is 406 g/mol. The maximum Gasteiger partial charge on any atom is 0.191 e. The molecular formula is C15H21ClIN3. The van der Waals surface area contributed by atoms with Gasteiger partial charge < -0.3 is 10.6 Å². The van der Waals surface area contributed by atoms with Crippen LogP contribution in [-0.4, -0.2) is 25.6 Å². The van der Waals surface area contributed by atoms with Crippen LogP contribution in [-0.2, 0) is 5.41 Å². The van der Waals surface area contributed by atoms with E-state index in [1.807, 2.05) is 19.2 Å². The van der Waals surface area contributed by atoms with E-state index in [1.54, 1.807) is 0 Å². The molecule has 3 nitrogen and oxygen atoms in total. The van der Waals surface area contributed by atoms with Crippen LogP contribution < -0.4 is 10.6 Å². The predicted molar refractivity (Wildman–Crippen MR) is 95.3 cm³/mol. The van der Waals surface area contributed by atoms with Crippen LogP contribution in [0.1, 0.15) is 31.2 Å². The first kappa shape index (κ1) is 15.9. The number of halogens is 2. The van der Waals surface area contributed by atoms with Crippen molar-refractivity contribution in [3.8, 4) is 0 Å². The van der Waals surface area contributed by atoms with E-state index in [4.69, 9.17) is 11.6 Å². The zero-order chi connectivity index (χ0) is 13.3. The number of nitrogens with one attached hydrogen (secondary N) is 2. The Morgan fingerprint density at radius 2 is 2.15 bits per heavy atom. The minimum Gasteiger partial charge on any atom is -0.356 e. The summed E-state index contributed by atoms with van der Waals surface area (Å²) in [6.45, 7) is 0.930. The zero-order valence-corrected chi connectivity index (χ0v) is 14.7. The summed E-state index contributed by atoms with van der Waals surface area (Å²) in [5.74, 6) is 0.927. The SMILES string of the molecule is CN=C(NCC1(c2cccc(Cl)c2)CC1)NC1CC1.I. The highest BCUT2D eigenvalue weighted by Gasteiger charge is 2.44. The third-order valence-electron chi connectivity index (χ3n) is 4.03. The van der Waals surface area contributed by atoms with E-state index in [9.17, 15) is 0 Å². The minimum atomic E-state index is 0. The Kier molecular flexibility index (Phi) is 5.18. The fraction of sp³-hybridized carbons (Fsp3) is 0.533. The second kappa shape index (κ2) is 6.52. The van der Waals surface area contributed by atoms with Crippen LogP contribution in [0.3, 0.4) is 0 Å². The van der Waals surface area contributed by atoms with E-state index in [0.717, 1.165) is 17.5 Å². The lowest BCUT2D eigenvalue weighted by Gasteiger charge is -2.19. The lowest BCUT2D eigenvalue weighted by Crippen LogP contribution is -2.42. The summed E-state index contributed by atoms with van der Waals surface area (Å²) in [6, 6.07) is 8.87. The van der Waals surface area contributed by atoms with Crippen LogP contribution in [0, 0.1) is 0 Å². The first-order chi connectivity index (χ1) is 9.22. The molecule has 0 radical (unpaired) electrons. The Morgan fingerprint density at radius 1 is 1.40 bits per heavy atom. The molecule has 1 aromatic rings. The summed E-state index contributed by atoms with van der Waals surface area (Å²) in [5.41, 5.74) is 1.60. The maximum absolute atomic E-state index is 6.09. The van der Waals surface area contributed by atoms with Crippen LogP contribution in [0.2, 0.25) is 5.02 Å². The average Bonchev–Trinajstić information content (AvgIpc) is 3.30. The standard InChI is InChI=1S/C15H20ClN3.HI/c1-17-14(19-13-5-6-13)18-10-15(7-8-15)11-3-2-4-12(16)9-11;/h2-4,9,13H,5-8,10H2,1H3,(H2,17,18,19);1H. The fourth-order valence-electron chi connectivity index (χ4n) is 2.41. The number of rotatable bonds is 4. The van der Waals surface area contributed by atoms with Crippen LogP contribution in [0.5, 0.6) is 0 Å². The van der Waals surface area contributed by atoms with Gasteiger partial charge in [-0.3, -0.25) is 4.99 Å². The van der Waals surface area contributed by atoms with Crippen molar-refractivity contribution >= 4 is 41.5 Å². The summed E-state index contributed by atoms with van der Waals surface area (Å²) in [5, 5.41) is 7.70. The van der Waals surface area contributed by atoms with Crippen molar-refractivity contribution in [2.24, 2.45) is 4.99 Å². The number of aliphatic imine (C=N–C) groups is 1. The van der Waals surface area contributed by atoms with Crippen molar-refractivity contribution in [3.05, 3.63) is 34.9 Å². The van der Waals surface area contributed by atoms with Crippen LogP contribution in [0.4, 0.5) is 0 Å². The highest BCUT2D eigenvalue weighted by molar-refractivity contribution is 14.0. The molecule has 0 amide bonds. The molecule has 2 fully saturated rings. The van der Waals surface area contributed by atoms with Gasteiger partial charge in [0.1, 0.15) is 0 Å². The summed E-state index contributed by atoms with van der Waals surface area (Å²) < 4.78 is 0. The molecule has 0 atom stereocenters. The van der Waals surface area contributed by atoms with Crippen LogP contribution in [0.25, 0.3) is 0 Å². The molecule has 2 aliphatic carbocycles. The third-order valence-corrected chi connectivity index (χ3v) is 4.26. The molecule has 0 bridgehead atoms. The van der Waals surface area contributed by atoms with Crippen molar-refractivity contribution in [3.63, 3.8) is 0 Å². The Balaban J connectivity index is 0.00000147. The smallest absolute Gasteiger partial charge is 0.191 e. The number of nitrogens with zero attached hydrogens (tertiary/aromatic N) is 1. The molecule has 0 saturated heterocycles. The van der Waals surface area contributed by atoms with Gasteiger partial charge in [-0.25, -0.2) is 0 Å². The predicted octanol–water partition coefficient (Wildman–Crippen LogP) is 3.32. The first-order valence-electron chi connectivity index (χ1n) is 6.95. The summed E-state index contributed by atoms with van der Waals surface area (Å²) >= 11 is 6.09. The van der Waals surface area contributed by atoms with E-state index in [1.165, 1.54) is 31.2 Å². The third kappa shape index (κ3) is 3.79. The van der Waals surface area contributed by atoms with Gasteiger partial charge in [0.25, 0.3) is 0 Å². The highest BCUT2D eigenvalue weighted by Crippen LogP contribution is 2.48. The lowest BCUT2D eigenvalue weighted by atomic mass is 9.96. The summed E-state index contributed by atoms with van der Waals surface area (Å²) in [6.07, 6.45) is 4.97. The molecule has 0 spiro atoms. The van der Waals surface area contributed by atoms with E-state index in [2.05, 4.69) is 27.8 Å². The van der Waals surface area contributed by atoms with E-state index in [-0.39, 0.29) is 29.4 Å². The first-order valence-corrected chi connectivity index (χ1v) is 7.33. The Bertz CT molecular complexity index is 496. The largest absolute Gasteiger partial charge is 0.356 e. The molecule has 2 saturated carbocycles. The second-order valence-corrected chi connectivity index (χ2v) is 6.07. The van der Waals surface area contributed by atoms with Crippen molar-refractivity contribution in [2.75, 3.05) is 13.6 Å². The van der Waals surface area contributed by atoms with Crippen molar-refractivity contribution in [1.82, 2.24) is 10.6 Å². The van der Waals surface area contributed by atoms with Gasteiger partial charge in [-0.05, 0) is 43.4 Å². The number of hydrogen-bond donors (Lipinski definition) is 2. The molecule has 1 aromatic carbocycles. The molecule has 110 valence electrons. The molecule has 0 aliphatic heterocycles. The topological polar surface area (TPSA) is 36.4 Å². The second-order valence-electron chi connectivity index (χ2n) is 5.64.